The smallest absolute Gasteiger partial charge is 0.306 e. The second kappa shape index (κ2) is 14.1. The summed E-state index contributed by atoms with van der Waals surface area (Å²) < 4.78 is -0.812. The minimum Gasteiger partial charge on any atom is -0.481 e. The van der Waals surface area contributed by atoms with E-state index in [4.69, 9.17) is 23.2 Å². The number of carboxylic acids is 1. The number of carboxylic acid groups (broad SMARTS) is 1. The van der Waals surface area contributed by atoms with Gasteiger partial charge in [-0.3, -0.25) is 4.79 Å². The summed E-state index contributed by atoms with van der Waals surface area (Å²) in [5, 5.41) is 9.68. The lowest BCUT2D eigenvalue weighted by atomic mass is 9.93. The Hall–Kier alpha value is 0.0500. The maximum atomic E-state index is 11.8. The molecule has 3 atom stereocenters. The molecule has 0 spiro atoms. The lowest BCUT2D eigenvalue weighted by Gasteiger charge is -2.12. The molecule has 3 unspecified atom stereocenters. The molecule has 0 aromatic rings. The number of halogens is 2. The zero-order valence-corrected chi connectivity index (χ0v) is 19.2. The molecule has 2 nitrogen and oxygen atoms in total. The minimum atomic E-state index is -0.812. The van der Waals surface area contributed by atoms with E-state index in [2.05, 4.69) is 13.8 Å². The molecule has 1 fully saturated rings. The summed E-state index contributed by atoms with van der Waals surface area (Å²) in [6.45, 7) is 4.45. The second-order valence-electron chi connectivity index (χ2n) is 8.57. The molecular formula is C23H42Cl2O2. The highest BCUT2D eigenvalue weighted by Crippen LogP contribution is 2.65. The van der Waals surface area contributed by atoms with Crippen molar-refractivity contribution in [2.75, 3.05) is 0 Å². The standard InChI is InChI=1S/C23H42Cl2O2/c1-3-5-7-9-10-11-12-14-15-17-19(22(26)27)21-20(23(21,24)25)18-16-13-8-6-4-2/h19-21H,3-18H2,1-2H3,(H,26,27). The van der Waals surface area contributed by atoms with Crippen LogP contribution in [0.25, 0.3) is 0 Å². The van der Waals surface area contributed by atoms with Crippen molar-refractivity contribution in [1.82, 2.24) is 0 Å². The van der Waals surface area contributed by atoms with Crippen molar-refractivity contribution in [3.05, 3.63) is 0 Å². The molecule has 0 bridgehead atoms. The van der Waals surface area contributed by atoms with E-state index in [1.165, 1.54) is 70.6 Å². The van der Waals surface area contributed by atoms with Crippen LogP contribution in [0.4, 0.5) is 0 Å². The normalized spacial score (nSPS) is 21.9. The summed E-state index contributed by atoms with van der Waals surface area (Å²) in [5.41, 5.74) is 0. The monoisotopic (exact) mass is 420 g/mol. The van der Waals surface area contributed by atoms with Gasteiger partial charge in [-0.1, -0.05) is 104 Å². The molecule has 1 N–H and O–H groups in total. The number of aliphatic carboxylic acids is 1. The molecule has 4 heteroatoms. The van der Waals surface area contributed by atoms with Gasteiger partial charge in [-0.2, -0.15) is 0 Å². The van der Waals surface area contributed by atoms with Crippen LogP contribution in [-0.4, -0.2) is 15.4 Å². The Balaban J connectivity index is 2.23. The highest BCUT2D eigenvalue weighted by molar-refractivity contribution is 6.51. The molecule has 0 radical (unpaired) electrons. The SMILES string of the molecule is CCCCCCCCCCCC(C(=O)O)C1C(CCCCCCC)C1(Cl)Cl. The molecule has 0 aliphatic heterocycles. The van der Waals surface area contributed by atoms with Crippen LogP contribution in [0.3, 0.4) is 0 Å². The van der Waals surface area contributed by atoms with E-state index in [1.807, 2.05) is 0 Å². The fourth-order valence-corrected chi connectivity index (χ4v) is 5.41. The van der Waals surface area contributed by atoms with Gasteiger partial charge in [0.2, 0.25) is 0 Å². The predicted octanol–water partition coefficient (Wildman–Crippen LogP) is 8.39. The number of unbranched alkanes of at least 4 members (excludes halogenated alkanes) is 12. The first-order valence-corrected chi connectivity index (χ1v) is 12.3. The number of rotatable bonds is 18. The van der Waals surface area contributed by atoms with Crippen molar-refractivity contribution in [3.8, 4) is 0 Å². The van der Waals surface area contributed by atoms with Crippen molar-refractivity contribution in [3.63, 3.8) is 0 Å². The summed E-state index contributed by atoms with van der Waals surface area (Å²) >= 11 is 13.0. The molecule has 1 rings (SSSR count). The Morgan fingerprint density at radius 2 is 1.26 bits per heavy atom. The Labute approximate surface area is 177 Å². The van der Waals surface area contributed by atoms with Crippen molar-refractivity contribution < 1.29 is 9.90 Å². The second-order valence-corrected chi connectivity index (χ2v) is 10.0. The number of hydrogen-bond acceptors (Lipinski definition) is 1. The first kappa shape index (κ1) is 25.1. The number of carbonyl (C=O) groups is 1. The summed E-state index contributed by atoms with van der Waals surface area (Å²) in [7, 11) is 0. The summed E-state index contributed by atoms with van der Waals surface area (Å²) in [5.74, 6) is -0.968. The van der Waals surface area contributed by atoms with Gasteiger partial charge < -0.3 is 5.11 Å². The van der Waals surface area contributed by atoms with E-state index in [1.54, 1.807) is 0 Å². The summed E-state index contributed by atoms with van der Waals surface area (Å²) in [4.78, 5) is 11.8. The molecule has 1 aliphatic carbocycles. The average Bonchev–Trinajstić information content (AvgIpc) is 3.16. The third-order valence-corrected chi connectivity index (χ3v) is 7.32. The van der Waals surface area contributed by atoms with Crippen LogP contribution >= 0.6 is 23.2 Å². The largest absolute Gasteiger partial charge is 0.481 e. The number of hydrogen-bond donors (Lipinski definition) is 1. The lowest BCUT2D eigenvalue weighted by molar-refractivity contribution is -0.143. The fraction of sp³-hybridized carbons (Fsp3) is 0.957. The molecule has 160 valence electrons. The quantitative estimate of drug-likeness (QED) is 0.178. The van der Waals surface area contributed by atoms with E-state index in [9.17, 15) is 9.90 Å². The van der Waals surface area contributed by atoms with E-state index in [0.29, 0.717) is 0 Å². The molecule has 1 aliphatic rings. The maximum Gasteiger partial charge on any atom is 0.306 e. The molecular weight excluding hydrogens is 379 g/mol. The first-order chi connectivity index (χ1) is 13.0. The van der Waals surface area contributed by atoms with Crippen molar-refractivity contribution in [2.24, 2.45) is 17.8 Å². The average molecular weight is 421 g/mol. The maximum absolute atomic E-state index is 11.8. The molecule has 0 saturated heterocycles. The van der Waals surface area contributed by atoms with Crippen LogP contribution in [0, 0.1) is 17.8 Å². The van der Waals surface area contributed by atoms with Crippen LogP contribution in [0.5, 0.6) is 0 Å². The van der Waals surface area contributed by atoms with E-state index >= 15 is 0 Å². The van der Waals surface area contributed by atoms with Gasteiger partial charge in [-0.25, -0.2) is 0 Å². The van der Waals surface area contributed by atoms with Crippen LogP contribution in [0.1, 0.15) is 117 Å². The number of alkyl halides is 2. The van der Waals surface area contributed by atoms with Gasteiger partial charge in [-0.15, -0.1) is 23.2 Å². The zero-order valence-electron chi connectivity index (χ0n) is 17.7. The minimum absolute atomic E-state index is 0.0569. The Morgan fingerprint density at radius 3 is 1.74 bits per heavy atom. The Kier molecular flexibility index (Phi) is 13.1. The van der Waals surface area contributed by atoms with Crippen LogP contribution in [0.15, 0.2) is 0 Å². The summed E-state index contributed by atoms with van der Waals surface area (Å²) in [6.07, 6.45) is 19.1. The van der Waals surface area contributed by atoms with Gasteiger partial charge >= 0.3 is 5.97 Å². The van der Waals surface area contributed by atoms with Crippen molar-refractivity contribution in [2.45, 2.75) is 121 Å². The third-order valence-electron chi connectivity index (χ3n) is 6.25. The van der Waals surface area contributed by atoms with Crippen LogP contribution < -0.4 is 0 Å². The topological polar surface area (TPSA) is 37.3 Å². The van der Waals surface area contributed by atoms with Crippen LogP contribution in [0.2, 0.25) is 0 Å². The van der Waals surface area contributed by atoms with E-state index in [0.717, 1.165) is 32.1 Å². The van der Waals surface area contributed by atoms with Gasteiger partial charge in [0.05, 0.1) is 5.92 Å². The van der Waals surface area contributed by atoms with E-state index in [-0.39, 0.29) is 17.8 Å². The highest BCUT2D eigenvalue weighted by Gasteiger charge is 2.66. The highest BCUT2D eigenvalue weighted by atomic mass is 35.5. The Morgan fingerprint density at radius 1 is 0.815 bits per heavy atom. The lowest BCUT2D eigenvalue weighted by Crippen LogP contribution is -2.19. The van der Waals surface area contributed by atoms with Gasteiger partial charge in [0.15, 0.2) is 0 Å². The van der Waals surface area contributed by atoms with Crippen molar-refractivity contribution >= 4 is 29.2 Å². The third kappa shape index (κ3) is 9.39. The zero-order chi connectivity index (χ0) is 20.1. The molecule has 27 heavy (non-hydrogen) atoms. The molecule has 0 aromatic heterocycles. The van der Waals surface area contributed by atoms with Crippen LogP contribution in [-0.2, 0) is 4.79 Å². The first-order valence-electron chi connectivity index (χ1n) is 11.6. The van der Waals surface area contributed by atoms with Gasteiger partial charge in [0.25, 0.3) is 0 Å². The van der Waals surface area contributed by atoms with Gasteiger partial charge in [0, 0.05) is 5.92 Å². The summed E-state index contributed by atoms with van der Waals surface area (Å²) in [6, 6.07) is 0. The molecule has 0 amide bonds. The Bertz CT molecular complexity index is 398. The fourth-order valence-electron chi connectivity index (χ4n) is 4.44. The van der Waals surface area contributed by atoms with E-state index < -0.39 is 10.3 Å². The predicted molar refractivity (Wildman–Crippen MR) is 118 cm³/mol. The van der Waals surface area contributed by atoms with Gasteiger partial charge in [0.1, 0.15) is 4.33 Å². The molecule has 0 heterocycles. The molecule has 1 saturated carbocycles. The van der Waals surface area contributed by atoms with Crippen molar-refractivity contribution in [1.29, 1.82) is 0 Å². The molecule has 0 aromatic carbocycles. The van der Waals surface area contributed by atoms with Gasteiger partial charge in [-0.05, 0) is 18.8 Å².